The van der Waals surface area contributed by atoms with E-state index in [0.29, 0.717) is 23.0 Å². The number of hydrogen-bond acceptors (Lipinski definition) is 10. The number of nitrogens with zero attached hydrogens (tertiary/aromatic N) is 5. The van der Waals surface area contributed by atoms with Crippen molar-refractivity contribution < 1.29 is 27.7 Å². The minimum Gasteiger partial charge on any atom is -0.494 e. The molecule has 0 amide bonds. The largest absolute Gasteiger partial charge is 0.494 e. The summed E-state index contributed by atoms with van der Waals surface area (Å²) in [5, 5.41) is 17.8. The second-order valence-electron chi connectivity index (χ2n) is 10.4. The highest BCUT2D eigenvalue weighted by Gasteiger charge is 2.63. The normalized spacial score (nSPS) is 23.5. The van der Waals surface area contributed by atoms with Gasteiger partial charge in [0.1, 0.15) is 34.4 Å². The Hall–Kier alpha value is -3.29. The number of hydrogen-bond donors (Lipinski definition) is 2. The number of sulfonamides is 1. The Balaban J connectivity index is 1.56. The van der Waals surface area contributed by atoms with Crippen LogP contribution in [-0.4, -0.2) is 69.9 Å². The van der Waals surface area contributed by atoms with E-state index in [4.69, 9.17) is 14.2 Å². The van der Waals surface area contributed by atoms with Crippen LogP contribution in [0, 0.1) is 18.8 Å². The Bertz CT molecular complexity index is 1410. The van der Waals surface area contributed by atoms with Gasteiger partial charge in [-0.05, 0) is 63.6 Å². The van der Waals surface area contributed by atoms with E-state index in [2.05, 4.69) is 24.9 Å². The lowest BCUT2D eigenvalue weighted by Gasteiger charge is -2.61. The van der Waals surface area contributed by atoms with Gasteiger partial charge in [-0.1, -0.05) is 6.07 Å². The molecule has 3 aliphatic carbocycles. The predicted molar refractivity (Wildman–Crippen MR) is 143 cm³/mol. The van der Waals surface area contributed by atoms with Crippen molar-refractivity contribution in [3.63, 3.8) is 0 Å². The molecule has 13 heteroatoms. The number of aliphatic hydroxyl groups excluding tert-OH is 1. The second kappa shape index (κ2) is 10.4. The van der Waals surface area contributed by atoms with E-state index in [1.807, 2.05) is 20.8 Å². The van der Waals surface area contributed by atoms with Gasteiger partial charge in [0.2, 0.25) is 16.0 Å². The summed E-state index contributed by atoms with van der Waals surface area (Å²) in [6.45, 7) is 7.04. The average molecular weight is 559 g/mol. The van der Waals surface area contributed by atoms with Crippen molar-refractivity contribution in [3.05, 3.63) is 47.8 Å². The van der Waals surface area contributed by atoms with Crippen molar-refractivity contribution in [2.45, 2.75) is 63.6 Å². The highest BCUT2D eigenvalue weighted by atomic mass is 32.2. The van der Waals surface area contributed by atoms with E-state index < -0.39 is 21.4 Å². The summed E-state index contributed by atoms with van der Waals surface area (Å²) in [6, 6.07) is 5.28. The Labute approximate surface area is 227 Å². The number of benzene rings is 1. The minimum absolute atomic E-state index is 0.0199. The Morgan fingerprint density at radius 2 is 1.67 bits per heavy atom. The number of rotatable bonds is 11. The van der Waals surface area contributed by atoms with E-state index in [9.17, 15) is 13.5 Å². The van der Waals surface area contributed by atoms with Crippen LogP contribution in [0.1, 0.15) is 56.4 Å². The summed E-state index contributed by atoms with van der Waals surface area (Å²) in [7, 11) is -1.07. The van der Waals surface area contributed by atoms with Gasteiger partial charge in [0.25, 0.3) is 0 Å². The van der Waals surface area contributed by atoms with Crippen LogP contribution in [0.4, 0.5) is 5.95 Å². The van der Waals surface area contributed by atoms with Crippen LogP contribution < -0.4 is 14.2 Å². The monoisotopic (exact) mass is 558 g/mol. The summed E-state index contributed by atoms with van der Waals surface area (Å²) in [6.07, 6.45) is 2.55. The Kier molecular flexibility index (Phi) is 7.25. The van der Waals surface area contributed by atoms with Crippen LogP contribution in [0.2, 0.25) is 0 Å². The van der Waals surface area contributed by atoms with Gasteiger partial charge in [-0.15, -0.1) is 10.2 Å². The summed E-state index contributed by atoms with van der Waals surface area (Å²) in [5.41, 5.74) is 1.31. The third kappa shape index (κ3) is 4.72. The van der Waals surface area contributed by atoms with Gasteiger partial charge in [-0.3, -0.25) is 9.29 Å². The van der Waals surface area contributed by atoms with Crippen molar-refractivity contribution in [1.29, 1.82) is 0 Å². The molecule has 2 N–H and O–H groups in total. The molecule has 1 aromatic carbocycles. The fourth-order valence-electron chi connectivity index (χ4n) is 5.25. The van der Waals surface area contributed by atoms with Crippen molar-refractivity contribution in [3.8, 4) is 17.2 Å². The molecule has 4 atom stereocenters. The second-order valence-corrected chi connectivity index (χ2v) is 12.4. The van der Waals surface area contributed by atoms with Gasteiger partial charge in [-0.2, -0.15) is 0 Å². The van der Waals surface area contributed by atoms with Gasteiger partial charge in [0.05, 0.1) is 26.4 Å². The van der Waals surface area contributed by atoms with Crippen LogP contribution in [0.25, 0.3) is 5.69 Å². The zero-order chi connectivity index (χ0) is 28.1. The molecule has 12 nitrogen and oxygen atoms in total. The van der Waals surface area contributed by atoms with Gasteiger partial charge in [0, 0.05) is 18.3 Å². The van der Waals surface area contributed by atoms with Crippen LogP contribution in [0.3, 0.4) is 0 Å². The summed E-state index contributed by atoms with van der Waals surface area (Å²) >= 11 is 0. The number of aliphatic hydroxyl groups is 1. The maximum Gasteiger partial charge on any atom is 0.243 e. The molecule has 39 heavy (non-hydrogen) atoms. The molecule has 0 spiro atoms. The number of aryl methyl sites for hydroxylation is 1. The molecule has 2 bridgehead atoms. The third-order valence-corrected chi connectivity index (χ3v) is 9.27. The van der Waals surface area contributed by atoms with Gasteiger partial charge in [-0.25, -0.2) is 18.4 Å². The lowest BCUT2D eigenvalue weighted by Crippen LogP contribution is -2.62. The fraction of sp³-hybridized carbons (Fsp3) is 0.538. The third-order valence-electron chi connectivity index (χ3n) is 7.58. The van der Waals surface area contributed by atoms with E-state index in [1.165, 1.54) is 14.2 Å². The molecular weight excluding hydrogens is 524 g/mol. The topological polar surface area (TPSA) is 151 Å². The molecular formula is C26H34N6O6S. The van der Waals surface area contributed by atoms with Crippen LogP contribution in [-0.2, 0) is 14.8 Å². The van der Waals surface area contributed by atoms with E-state index >= 15 is 0 Å². The molecule has 210 valence electrons. The first-order valence-corrected chi connectivity index (χ1v) is 14.4. The maximum absolute atomic E-state index is 13.8. The van der Waals surface area contributed by atoms with Crippen molar-refractivity contribution in [2.75, 3.05) is 18.9 Å². The zero-order valence-corrected chi connectivity index (χ0v) is 23.6. The molecule has 3 aliphatic rings. The highest BCUT2D eigenvalue weighted by Crippen LogP contribution is 2.63. The van der Waals surface area contributed by atoms with E-state index in [1.54, 1.807) is 42.1 Å². The molecule has 0 radical (unpaired) electrons. The molecule has 6 rings (SSSR count). The molecule has 2 unspecified atom stereocenters. The van der Waals surface area contributed by atoms with Gasteiger partial charge >= 0.3 is 0 Å². The first-order valence-electron chi connectivity index (χ1n) is 12.9. The fourth-order valence-corrected chi connectivity index (χ4v) is 6.33. The Morgan fingerprint density at radius 3 is 2.18 bits per heavy atom. The molecule has 3 aromatic rings. The SMILES string of the molecule is COc1cccc(OC)c1-n1c(NS(=O)(=O)[C@@H](C)[C@@H](OC(C)C)c2ncc(C)cn2)nnc1C1C2CC1C2O. The number of nitrogens with one attached hydrogen (secondary N) is 1. The molecule has 2 aromatic heterocycles. The summed E-state index contributed by atoms with van der Waals surface area (Å²) < 4.78 is 49.1. The van der Waals surface area contributed by atoms with E-state index in [-0.39, 0.29) is 41.7 Å². The molecule has 3 saturated carbocycles. The molecule has 0 aliphatic heterocycles. The number of ether oxygens (including phenoxy) is 3. The quantitative estimate of drug-likeness (QED) is 0.359. The van der Waals surface area contributed by atoms with Crippen LogP contribution in [0.15, 0.2) is 30.6 Å². The highest BCUT2D eigenvalue weighted by molar-refractivity contribution is 7.93. The summed E-state index contributed by atoms with van der Waals surface area (Å²) in [5.74, 6) is 1.72. The van der Waals surface area contributed by atoms with Gasteiger partial charge in [0.15, 0.2) is 5.82 Å². The lowest BCUT2D eigenvalue weighted by molar-refractivity contribution is -0.178. The van der Waals surface area contributed by atoms with Gasteiger partial charge < -0.3 is 19.3 Å². The Morgan fingerprint density at radius 1 is 1.05 bits per heavy atom. The van der Waals surface area contributed by atoms with Crippen molar-refractivity contribution in [2.24, 2.45) is 11.8 Å². The molecule has 0 saturated heterocycles. The predicted octanol–water partition coefficient (Wildman–Crippen LogP) is 2.77. The lowest BCUT2D eigenvalue weighted by atomic mass is 9.45. The van der Waals surface area contributed by atoms with Crippen LogP contribution in [0.5, 0.6) is 11.5 Å². The van der Waals surface area contributed by atoms with E-state index in [0.717, 1.165) is 12.0 Å². The smallest absolute Gasteiger partial charge is 0.243 e. The maximum atomic E-state index is 13.8. The van der Waals surface area contributed by atoms with Crippen LogP contribution >= 0.6 is 0 Å². The number of aromatic nitrogens is 5. The van der Waals surface area contributed by atoms with Crippen molar-refractivity contribution in [1.82, 2.24) is 24.7 Å². The molecule has 2 heterocycles. The first-order chi connectivity index (χ1) is 18.6. The summed E-state index contributed by atoms with van der Waals surface area (Å²) in [4.78, 5) is 8.66. The number of methoxy groups -OCH3 is 2. The average Bonchev–Trinajstić information content (AvgIpc) is 3.26. The first kappa shape index (κ1) is 27.3. The molecule has 3 fully saturated rings. The zero-order valence-electron chi connectivity index (χ0n) is 22.8. The number of anilines is 1. The standard InChI is InChI=1S/C26H34N6O6S/c1-13(2)38-23(24-27-11-14(3)12-28-24)15(4)39(34,35)31-26-30-29-25(20-16-10-17(20)22(16)33)32(26)21-18(36-5)8-7-9-19(21)37-6/h7-9,11-13,15-17,20,22-23,33H,10H2,1-6H3,(H,30,31)/t15-,16?,17?,20?,22?,23+/m0/s1. The van der Waals surface area contributed by atoms with Crippen molar-refractivity contribution >= 4 is 16.0 Å². The minimum atomic E-state index is -4.11. The number of para-hydroxylation sites is 1.